The zero-order chi connectivity index (χ0) is 12.3. The Balaban J connectivity index is 2.34. The van der Waals surface area contributed by atoms with Crippen molar-refractivity contribution in [2.24, 2.45) is 5.73 Å². The number of hydrogen-bond acceptors (Lipinski definition) is 4. The monoisotopic (exact) mass is 249 g/mol. The third-order valence-corrected chi connectivity index (χ3v) is 2.81. The van der Waals surface area contributed by atoms with E-state index in [4.69, 9.17) is 22.1 Å². The molecule has 88 valence electrons. The maximum absolute atomic E-state index is 6.12. The van der Waals surface area contributed by atoms with Gasteiger partial charge in [0.25, 0.3) is 0 Å². The highest BCUT2D eigenvalue weighted by atomic mass is 35.5. The number of aromatic nitrogens is 2. The largest absolute Gasteiger partial charge is 0.495 e. The Labute approximate surface area is 104 Å². The quantitative estimate of drug-likeness (QED) is 0.906. The van der Waals surface area contributed by atoms with Gasteiger partial charge >= 0.3 is 0 Å². The van der Waals surface area contributed by atoms with Crippen molar-refractivity contribution in [1.82, 2.24) is 10.2 Å². The molecule has 1 aromatic carbocycles. The molecule has 2 aromatic rings. The summed E-state index contributed by atoms with van der Waals surface area (Å²) in [5.41, 5.74) is 7.93. The van der Waals surface area contributed by atoms with E-state index in [2.05, 4.69) is 10.2 Å². The van der Waals surface area contributed by atoms with Crippen LogP contribution < -0.4 is 10.5 Å². The molecule has 2 N–H and O–H groups in total. The van der Waals surface area contributed by atoms with Crippen LogP contribution in [0.2, 0.25) is 5.02 Å². The fourth-order valence-corrected chi connectivity index (χ4v) is 1.74. The van der Waals surface area contributed by atoms with Crippen LogP contribution in [0.15, 0.2) is 36.7 Å². The second-order valence-corrected chi connectivity index (χ2v) is 3.95. The van der Waals surface area contributed by atoms with E-state index in [0.29, 0.717) is 10.8 Å². The lowest BCUT2D eigenvalue weighted by molar-refractivity contribution is 0.414. The number of methoxy groups -OCH3 is 1. The molecule has 2 rings (SSSR count). The predicted octanol–water partition coefficient (Wildman–Crippen LogP) is 2.19. The fourth-order valence-electron chi connectivity index (χ4n) is 1.55. The minimum absolute atomic E-state index is 0.267. The fraction of sp³-hybridized carbons (Fsp3) is 0.167. The average molecular weight is 250 g/mol. The van der Waals surface area contributed by atoms with E-state index in [0.717, 1.165) is 11.1 Å². The Morgan fingerprint density at radius 1 is 1.24 bits per heavy atom. The maximum atomic E-state index is 6.12. The van der Waals surface area contributed by atoms with E-state index in [1.807, 2.05) is 18.2 Å². The summed E-state index contributed by atoms with van der Waals surface area (Å²) in [4.78, 5) is 0. The van der Waals surface area contributed by atoms with Gasteiger partial charge in [0.05, 0.1) is 24.4 Å². The van der Waals surface area contributed by atoms with Crippen molar-refractivity contribution in [3.63, 3.8) is 0 Å². The molecule has 0 fully saturated rings. The van der Waals surface area contributed by atoms with Crippen LogP contribution in [0.5, 0.6) is 5.75 Å². The standard InChI is InChI=1S/C12H12ClN3O/c1-17-11-6-8(2-3-10(11)13)12(14)9-4-5-15-16-7-9/h2-7,12H,14H2,1H3. The molecule has 1 heterocycles. The Morgan fingerprint density at radius 2 is 2.06 bits per heavy atom. The van der Waals surface area contributed by atoms with Gasteiger partial charge in [-0.25, -0.2) is 0 Å². The van der Waals surface area contributed by atoms with Crippen LogP contribution in [0.4, 0.5) is 0 Å². The van der Waals surface area contributed by atoms with Gasteiger partial charge in [0.15, 0.2) is 0 Å². The van der Waals surface area contributed by atoms with Crippen molar-refractivity contribution in [2.45, 2.75) is 6.04 Å². The zero-order valence-corrected chi connectivity index (χ0v) is 10.1. The summed E-state index contributed by atoms with van der Waals surface area (Å²) < 4.78 is 5.16. The third kappa shape index (κ3) is 2.54. The molecule has 0 aliphatic rings. The van der Waals surface area contributed by atoms with Crippen LogP contribution in [0.3, 0.4) is 0 Å². The molecule has 0 saturated carbocycles. The number of rotatable bonds is 3. The van der Waals surface area contributed by atoms with Gasteiger partial charge < -0.3 is 10.5 Å². The van der Waals surface area contributed by atoms with Crippen molar-refractivity contribution in [3.8, 4) is 5.75 Å². The highest BCUT2D eigenvalue weighted by Crippen LogP contribution is 2.28. The molecular formula is C12H12ClN3O. The van der Waals surface area contributed by atoms with E-state index in [9.17, 15) is 0 Å². The molecule has 0 spiro atoms. The summed E-state index contributed by atoms with van der Waals surface area (Å²) in [5, 5.41) is 8.09. The number of hydrogen-bond donors (Lipinski definition) is 1. The summed E-state index contributed by atoms with van der Waals surface area (Å²) in [7, 11) is 1.57. The molecule has 17 heavy (non-hydrogen) atoms. The Morgan fingerprint density at radius 3 is 2.71 bits per heavy atom. The smallest absolute Gasteiger partial charge is 0.137 e. The Kier molecular flexibility index (Phi) is 3.56. The molecule has 5 heteroatoms. The molecule has 0 aliphatic carbocycles. The van der Waals surface area contributed by atoms with Gasteiger partial charge in [-0.2, -0.15) is 10.2 Å². The average Bonchev–Trinajstić information content (AvgIpc) is 2.39. The highest BCUT2D eigenvalue weighted by Gasteiger charge is 2.11. The molecule has 0 amide bonds. The molecular weight excluding hydrogens is 238 g/mol. The van der Waals surface area contributed by atoms with Crippen molar-refractivity contribution in [1.29, 1.82) is 0 Å². The van der Waals surface area contributed by atoms with Gasteiger partial charge in [-0.3, -0.25) is 0 Å². The van der Waals surface area contributed by atoms with Gasteiger partial charge in [-0.1, -0.05) is 17.7 Å². The van der Waals surface area contributed by atoms with E-state index < -0.39 is 0 Å². The van der Waals surface area contributed by atoms with Gasteiger partial charge in [-0.05, 0) is 29.3 Å². The highest BCUT2D eigenvalue weighted by molar-refractivity contribution is 6.32. The maximum Gasteiger partial charge on any atom is 0.137 e. The molecule has 1 atom stereocenters. The van der Waals surface area contributed by atoms with Gasteiger partial charge in [0.2, 0.25) is 0 Å². The van der Waals surface area contributed by atoms with Gasteiger partial charge in [0, 0.05) is 6.20 Å². The zero-order valence-electron chi connectivity index (χ0n) is 9.30. The van der Waals surface area contributed by atoms with Crippen LogP contribution in [0, 0.1) is 0 Å². The topological polar surface area (TPSA) is 61.0 Å². The first-order valence-corrected chi connectivity index (χ1v) is 5.46. The number of nitrogens with zero attached hydrogens (tertiary/aromatic N) is 2. The summed E-state index contributed by atoms with van der Waals surface area (Å²) in [5.74, 6) is 0.613. The first-order valence-electron chi connectivity index (χ1n) is 5.08. The molecule has 0 aliphatic heterocycles. The van der Waals surface area contributed by atoms with Crippen molar-refractivity contribution >= 4 is 11.6 Å². The van der Waals surface area contributed by atoms with Crippen molar-refractivity contribution in [3.05, 3.63) is 52.8 Å². The van der Waals surface area contributed by atoms with Crippen molar-refractivity contribution in [2.75, 3.05) is 7.11 Å². The van der Waals surface area contributed by atoms with Crippen LogP contribution in [0.25, 0.3) is 0 Å². The van der Waals surface area contributed by atoms with E-state index in [-0.39, 0.29) is 6.04 Å². The van der Waals surface area contributed by atoms with Crippen LogP contribution in [-0.2, 0) is 0 Å². The first kappa shape index (κ1) is 11.8. The summed E-state index contributed by atoms with van der Waals surface area (Å²) in [6.07, 6.45) is 3.26. The molecule has 1 aromatic heterocycles. The minimum atomic E-state index is -0.267. The minimum Gasteiger partial charge on any atom is -0.495 e. The lowest BCUT2D eigenvalue weighted by Crippen LogP contribution is -2.12. The molecule has 1 unspecified atom stereocenters. The summed E-state index contributed by atoms with van der Waals surface area (Å²) in [6, 6.07) is 7.03. The summed E-state index contributed by atoms with van der Waals surface area (Å²) in [6.45, 7) is 0. The first-order chi connectivity index (χ1) is 8.22. The lowest BCUT2D eigenvalue weighted by Gasteiger charge is -2.13. The predicted molar refractivity (Wildman–Crippen MR) is 66.1 cm³/mol. The number of ether oxygens (including phenoxy) is 1. The van der Waals surface area contributed by atoms with E-state index >= 15 is 0 Å². The van der Waals surface area contributed by atoms with Crippen molar-refractivity contribution < 1.29 is 4.74 Å². The molecule has 0 bridgehead atoms. The van der Waals surface area contributed by atoms with Crippen LogP contribution in [-0.4, -0.2) is 17.3 Å². The third-order valence-electron chi connectivity index (χ3n) is 2.50. The number of nitrogens with two attached hydrogens (primary N) is 1. The number of halogens is 1. The van der Waals surface area contributed by atoms with Crippen LogP contribution >= 0.6 is 11.6 Å². The second-order valence-electron chi connectivity index (χ2n) is 3.55. The van der Waals surface area contributed by atoms with E-state index in [1.54, 1.807) is 25.6 Å². The molecule has 4 nitrogen and oxygen atoms in total. The van der Waals surface area contributed by atoms with E-state index in [1.165, 1.54) is 0 Å². The van der Waals surface area contributed by atoms with Gasteiger partial charge in [0.1, 0.15) is 5.75 Å². The van der Waals surface area contributed by atoms with Crippen LogP contribution in [0.1, 0.15) is 17.2 Å². The number of benzene rings is 1. The normalized spacial score (nSPS) is 12.2. The Hall–Kier alpha value is -1.65. The lowest BCUT2D eigenvalue weighted by atomic mass is 10.0. The molecule has 0 saturated heterocycles. The SMILES string of the molecule is COc1cc(C(N)c2ccnnc2)ccc1Cl. The Bertz CT molecular complexity index is 504. The second kappa shape index (κ2) is 5.12. The molecule has 0 radical (unpaired) electrons. The summed E-state index contributed by atoms with van der Waals surface area (Å²) >= 11 is 5.96. The van der Waals surface area contributed by atoms with Gasteiger partial charge in [-0.15, -0.1) is 0 Å².